The summed E-state index contributed by atoms with van der Waals surface area (Å²) in [4.78, 5) is 32.6. The zero-order valence-electron chi connectivity index (χ0n) is 17.2. The number of primary amides is 1. The van der Waals surface area contributed by atoms with Crippen molar-refractivity contribution in [3.8, 4) is 0 Å². The molecule has 1 fully saturated rings. The first-order valence-corrected chi connectivity index (χ1v) is 9.96. The molecular formula is C21H33ClN4O3. The molecule has 0 heterocycles. The second-order valence-electron chi connectivity index (χ2n) is 6.74. The van der Waals surface area contributed by atoms with Crippen LogP contribution in [0.1, 0.15) is 50.6 Å². The molecule has 6 N–H and O–H groups in total. The second-order valence-corrected chi connectivity index (χ2v) is 7.17. The number of hydrogen-bond acceptors (Lipinski definition) is 4. The van der Waals surface area contributed by atoms with E-state index >= 15 is 0 Å². The third-order valence-electron chi connectivity index (χ3n) is 4.59. The highest BCUT2D eigenvalue weighted by Crippen LogP contribution is 2.36. The maximum Gasteiger partial charge on any atom is 0.223 e. The highest BCUT2D eigenvalue weighted by molar-refractivity contribution is 6.30. The van der Waals surface area contributed by atoms with E-state index in [1.807, 2.05) is 24.3 Å². The fourth-order valence-electron chi connectivity index (χ4n) is 3.23. The molecule has 29 heavy (non-hydrogen) atoms. The van der Waals surface area contributed by atoms with Crippen molar-refractivity contribution in [2.75, 3.05) is 7.05 Å². The van der Waals surface area contributed by atoms with Gasteiger partial charge in [-0.1, -0.05) is 50.1 Å². The van der Waals surface area contributed by atoms with Gasteiger partial charge in [-0.3, -0.25) is 14.4 Å². The molecular weight excluding hydrogens is 392 g/mol. The zero-order chi connectivity index (χ0) is 22.2. The lowest BCUT2D eigenvalue weighted by molar-refractivity contribution is -0.130. The number of carbonyl (C=O) groups excluding carboxylic acids is 3. The van der Waals surface area contributed by atoms with Crippen LogP contribution in [0.2, 0.25) is 5.02 Å². The number of benzene rings is 1. The van der Waals surface area contributed by atoms with E-state index in [0.29, 0.717) is 10.9 Å². The molecule has 1 aliphatic rings. The standard InChI is InChI=1S/C18H25ClN2O2.C2H5N.CH3NO/c1-12(10-16(22)20-2)18(23)21-17(13-6-3-4-7-13)14-8-5-9-15(19)11-14;1-2-3;2-1-3/h5,8-9,11-13,17H,3-4,6-7,10H2,1-2H3,(H,20,22)(H,21,23);2H,1,3H2;1H,(H2,2,3). The first-order chi connectivity index (χ1) is 13.8. The predicted octanol–water partition coefficient (Wildman–Crippen LogP) is 2.65. The van der Waals surface area contributed by atoms with Gasteiger partial charge in [0.2, 0.25) is 18.2 Å². The van der Waals surface area contributed by atoms with Crippen molar-refractivity contribution in [3.05, 3.63) is 47.6 Å². The van der Waals surface area contributed by atoms with Crippen LogP contribution < -0.4 is 22.1 Å². The van der Waals surface area contributed by atoms with E-state index in [0.717, 1.165) is 18.4 Å². The Balaban J connectivity index is 0.00000116. The molecule has 1 aromatic rings. The van der Waals surface area contributed by atoms with Gasteiger partial charge in [0.1, 0.15) is 0 Å². The minimum atomic E-state index is -0.349. The lowest BCUT2D eigenvalue weighted by Crippen LogP contribution is -2.37. The molecule has 0 bridgehead atoms. The maximum absolute atomic E-state index is 12.5. The highest BCUT2D eigenvalue weighted by atomic mass is 35.5. The summed E-state index contributed by atoms with van der Waals surface area (Å²) < 4.78 is 0. The fourth-order valence-corrected chi connectivity index (χ4v) is 3.43. The lowest BCUT2D eigenvalue weighted by atomic mass is 9.91. The van der Waals surface area contributed by atoms with Crippen LogP contribution in [-0.2, 0) is 14.4 Å². The molecule has 2 atom stereocenters. The summed E-state index contributed by atoms with van der Waals surface area (Å²) in [5.41, 5.74) is 9.82. The Hall–Kier alpha value is -2.54. The number of carbonyl (C=O) groups is 3. The Bertz CT molecular complexity index is 643. The van der Waals surface area contributed by atoms with E-state index in [2.05, 4.69) is 28.7 Å². The van der Waals surface area contributed by atoms with Crippen molar-refractivity contribution in [1.29, 1.82) is 0 Å². The predicted molar refractivity (Wildman–Crippen MR) is 117 cm³/mol. The van der Waals surface area contributed by atoms with E-state index in [-0.39, 0.29) is 36.6 Å². The molecule has 0 spiro atoms. The van der Waals surface area contributed by atoms with Gasteiger partial charge in [-0.05, 0) is 42.7 Å². The number of amides is 3. The largest absolute Gasteiger partial charge is 0.405 e. The van der Waals surface area contributed by atoms with E-state index in [9.17, 15) is 9.59 Å². The highest BCUT2D eigenvalue weighted by Gasteiger charge is 2.29. The molecule has 1 aliphatic carbocycles. The Morgan fingerprint density at radius 2 is 1.86 bits per heavy atom. The molecule has 1 saturated carbocycles. The van der Waals surface area contributed by atoms with Gasteiger partial charge >= 0.3 is 0 Å². The summed E-state index contributed by atoms with van der Waals surface area (Å²) in [6, 6.07) is 7.66. The van der Waals surface area contributed by atoms with Gasteiger partial charge in [-0.2, -0.15) is 0 Å². The molecule has 2 rings (SSSR count). The van der Waals surface area contributed by atoms with Crippen LogP contribution in [0, 0.1) is 11.8 Å². The van der Waals surface area contributed by atoms with Crippen LogP contribution in [0.3, 0.4) is 0 Å². The van der Waals surface area contributed by atoms with Gasteiger partial charge in [0, 0.05) is 24.4 Å². The Morgan fingerprint density at radius 3 is 2.34 bits per heavy atom. The Morgan fingerprint density at radius 1 is 1.31 bits per heavy atom. The second kappa shape index (κ2) is 15.4. The summed E-state index contributed by atoms with van der Waals surface area (Å²) in [6.45, 7) is 4.92. The van der Waals surface area contributed by atoms with E-state index < -0.39 is 0 Å². The van der Waals surface area contributed by atoms with Gasteiger partial charge in [0.25, 0.3) is 0 Å². The van der Waals surface area contributed by atoms with Crippen molar-refractivity contribution >= 4 is 29.8 Å². The smallest absolute Gasteiger partial charge is 0.223 e. The first kappa shape index (κ1) is 26.5. The summed E-state index contributed by atoms with van der Waals surface area (Å²) in [5.74, 6) is -0.110. The SMILES string of the molecule is C=CN.CNC(=O)CC(C)C(=O)NC(c1cccc(Cl)c1)C1CCCC1.NC=O. The van der Waals surface area contributed by atoms with Crippen LogP contribution in [0.25, 0.3) is 0 Å². The van der Waals surface area contributed by atoms with Crippen molar-refractivity contribution in [1.82, 2.24) is 10.6 Å². The molecule has 1 aromatic carbocycles. The quantitative estimate of drug-likeness (QED) is 0.523. The monoisotopic (exact) mass is 424 g/mol. The molecule has 0 radical (unpaired) electrons. The lowest BCUT2D eigenvalue weighted by Gasteiger charge is -2.27. The summed E-state index contributed by atoms with van der Waals surface area (Å²) >= 11 is 6.12. The Kier molecular flexibility index (Phi) is 14.0. The Labute approximate surface area is 178 Å². The normalized spacial score (nSPS) is 14.7. The molecule has 0 aliphatic heterocycles. The van der Waals surface area contributed by atoms with E-state index in [1.165, 1.54) is 19.0 Å². The summed E-state index contributed by atoms with van der Waals surface area (Å²) in [7, 11) is 1.58. The number of rotatable bonds is 6. The average Bonchev–Trinajstić information content (AvgIpc) is 3.21. The molecule has 0 saturated heterocycles. The first-order valence-electron chi connectivity index (χ1n) is 9.58. The van der Waals surface area contributed by atoms with Crippen molar-refractivity contribution in [2.45, 2.75) is 45.1 Å². The van der Waals surface area contributed by atoms with Crippen LogP contribution in [0.4, 0.5) is 0 Å². The van der Waals surface area contributed by atoms with Crippen molar-refractivity contribution in [3.63, 3.8) is 0 Å². The molecule has 8 heteroatoms. The van der Waals surface area contributed by atoms with Gasteiger partial charge in [-0.15, -0.1) is 0 Å². The van der Waals surface area contributed by atoms with Crippen molar-refractivity contribution in [2.24, 2.45) is 23.3 Å². The van der Waals surface area contributed by atoms with Crippen molar-refractivity contribution < 1.29 is 14.4 Å². The number of nitrogens with two attached hydrogens (primary N) is 2. The molecule has 0 aromatic heterocycles. The average molecular weight is 425 g/mol. The fraction of sp³-hybridized carbons (Fsp3) is 0.476. The zero-order valence-corrected chi connectivity index (χ0v) is 18.0. The van der Waals surface area contributed by atoms with Crippen LogP contribution in [0.15, 0.2) is 37.0 Å². The third kappa shape index (κ3) is 10.5. The van der Waals surface area contributed by atoms with E-state index in [4.69, 9.17) is 16.4 Å². The topological polar surface area (TPSA) is 127 Å². The van der Waals surface area contributed by atoms with Crippen LogP contribution >= 0.6 is 11.6 Å². The maximum atomic E-state index is 12.5. The number of hydrogen-bond donors (Lipinski definition) is 4. The molecule has 162 valence electrons. The summed E-state index contributed by atoms with van der Waals surface area (Å²) in [5, 5.41) is 6.39. The van der Waals surface area contributed by atoms with E-state index in [1.54, 1.807) is 14.0 Å². The number of halogens is 1. The molecule has 2 unspecified atom stereocenters. The van der Waals surface area contributed by atoms with Gasteiger partial charge in [0.15, 0.2) is 0 Å². The molecule has 3 amide bonds. The molecule has 7 nitrogen and oxygen atoms in total. The van der Waals surface area contributed by atoms with Crippen LogP contribution in [0.5, 0.6) is 0 Å². The van der Waals surface area contributed by atoms with Gasteiger partial charge in [-0.25, -0.2) is 0 Å². The minimum Gasteiger partial charge on any atom is -0.405 e. The van der Waals surface area contributed by atoms with Crippen LogP contribution in [-0.4, -0.2) is 25.3 Å². The third-order valence-corrected chi connectivity index (χ3v) is 4.83. The van der Waals surface area contributed by atoms with Gasteiger partial charge in [0.05, 0.1) is 6.04 Å². The number of nitrogens with one attached hydrogen (secondary N) is 2. The van der Waals surface area contributed by atoms with Gasteiger partial charge < -0.3 is 22.1 Å². The summed E-state index contributed by atoms with van der Waals surface area (Å²) in [6.07, 6.45) is 6.33. The minimum absolute atomic E-state index is 0.0316.